The van der Waals surface area contributed by atoms with Crippen LogP contribution in [0.3, 0.4) is 0 Å². The molecule has 1 saturated heterocycles. The van der Waals surface area contributed by atoms with E-state index in [1.165, 1.54) is 42.6 Å². The van der Waals surface area contributed by atoms with Gasteiger partial charge in [-0.15, -0.1) is 0 Å². The van der Waals surface area contributed by atoms with Crippen molar-refractivity contribution in [2.75, 3.05) is 18.1 Å². The second kappa shape index (κ2) is 4.31. The first kappa shape index (κ1) is 11.1. The van der Waals surface area contributed by atoms with Crippen molar-refractivity contribution in [1.82, 2.24) is 4.90 Å². The summed E-state index contributed by atoms with van der Waals surface area (Å²) in [4.78, 5) is 2.61. The third-order valence-corrected chi connectivity index (χ3v) is 4.07. The van der Waals surface area contributed by atoms with Crippen molar-refractivity contribution >= 4 is 5.69 Å². The van der Waals surface area contributed by atoms with Gasteiger partial charge in [-0.25, -0.2) is 5.84 Å². The van der Waals surface area contributed by atoms with E-state index in [1.54, 1.807) is 0 Å². The summed E-state index contributed by atoms with van der Waals surface area (Å²) in [6.45, 7) is 5.41. The summed E-state index contributed by atoms with van der Waals surface area (Å²) in [5, 5.41) is 1.95. The Morgan fingerprint density at radius 3 is 3.06 bits per heavy atom. The summed E-state index contributed by atoms with van der Waals surface area (Å²) >= 11 is 0. The van der Waals surface area contributed by atoms with E-state index in [-0.39, 0.29) is 0 Å². The molecular weight excluding hydrogens is 210 g/mol. The predicted molar refractivity (Wildman–Crippen MR) is 70.8 cm³/mol. The number of nitrogens with zero attached hydrogens (tertiary/aromatic N) is 2. The molecule has 17 heavy (non-hydrogen) atoms. The highest BCUT2D eigenvalue weighted by Crippen LogP contribution is 2.29. The molecule has 0 aliphatic carbocycles. The maximum absolute atomic E-state index is 6.21. The van der Waals surface area contributed by atoms with Gasteiger partial charge in [-0.1, -0.05) is 24.1 Å². The molecule has 1 aromatic carbocycles. The lowest BCUT2D eigenvalue weighted by Gasteiger charge is -2.34. The van der Waals surface area contributed by atoms with E-state index in [0.717, 1.165) is 13.1 Å². The van der Waals surface area contributed by atoms with Gasteiger partial charge in [-0.2, -0.15) is 0 Å². The predicted octanol–water partition coefficient (Wildman–Crippen LogP) is 2.04. The van der Waals surface area contributed by atoms with Crippen molar-refractivity contribution in [3.05, 3.63) is 29.3 Å². The molecule has 0 radical (unpaired) electrons. The highest BCUT2D eigenvalue weighted by Gasteiger charge is 2.28. The Kier molecular flexibility index (Phi) is 2.81. The molecule has 1 aromatic rings. The van der Waals surface area contributed by atoms with Crippen LogP contribution in [0.15, 0.2) is 18.2 Å². The second-order valence-electron chi connectivity index (χ2n) is 5.40. The van der Waals surface area contributed by atoms with Gasteiger partial charge in [0, 0.05) is 19.1 Å². The van der Waals surface area contributed by atoms with E-state index in [9.17, 15) is 0 Å². The minimum absolute atomic E-state index is 0.640. The quantitative estimate of drug-likeness (QED) is 0.694. The molecule has 0 saturated carbocycles. The highest BCUT2D eigenvalue weighted by molar-refractivity contribution is 5.54. The molecule has 2 aliphatic rings. The minimum atomic E-state index is 0.640. The van der Waals surface area contributed by atoms with Crippen molar-refractivity contribution in [3.8, 4) is 0 Å². The number of hydrogen-bond donors (Lipinski definition) is 1. The number of nitrogens with two attached hydrogens (primary N) is 1. The fourth-order valence-electron chi connectivity index (χ4n) is 3.14. The molecule has 2 aliphatic heterocycles. The molecule has 92 valence electrons. The third-order valence-electron chi connectivity index (χ3n) is 4.07. The van der Waals surface area contributed by atoms with Crippen molar-refractivity contribution in [2.24, 2.45) is 5.84 Å². The average molecular weight is 231 g/mol. The van der Waals surface area contributed by atoms with Gasteiger partial charge in [-0.3, -0.25) is 4.90 Å². The van der Waals surface area contributed by atoms with Crippen LogP contribution in [0.4, 0.5) is 5.69 Å². The Morgan fingerprint density at radius 2 is 2.18 bits per heavy atom. The van der Waals surface area contributed by atoms with Crippen molar-refractivity contribution in [2.45, 2.75) is 38.8 Å². The van der Waals surface area contributed by atoms with Crippen molar-refractivity contribution < 1.29 is 0 Å². The van der Waals surface area contributed by atoms with Gasteiger partial charge < -0.3 is 5.01 Å². The smallest absolute Gasteiger partial charge is 0.0563 e. The number of fused-ring (bicyclic) bond motifs is 2. The topological polar surface area (TPSA) is 32.5 Å². The van der Waals surface area contributed by atoms with Crippen LogP contribution in [0, 0.1) is 6.92 Å². The second-order valence-corrected chi connectivity index (χ2v) is 5.40. The Hall–Kier alpha value is -1.06. The van der Waals surface area contributed by atoms with Gasteiger partial charge in [0.05, 0.1) is 5.69 Å². The SMILES string of the molecule is Cc1ccc2c(c1)CN1CCCCC1CN2N. The molecule has 3 rings (SSSR count). The molecule has 1 fully saturated rings. The molecule has 3 nitrogen and oxygen atoms in total. The summed E-state index contributed by atoms with van der Waals surface area (Å²) in [6, 6.07) is 7.25. The van der Waals surface area contributed by atoms with Gasteiger partial charge in [0.1, 0.15) is 0 Å². The van der Waals surface area contributed by atoms with Crippen molar-refractivity contribution in [1.29, 1.82) is 0 Å². The van der Waals surface area contributed by atoms with Crippen LogP contribution in [0.25, 0.3) is 0 Å². The maximum atomic E-state index is 6.21. The lowest BCUT2D eigenvalue weighted by atomic mass is 10.0. The molecule has 1 atom stereocenters. The monoisotopic (exact) mass is 231 g/mol. The van der Waals surface area contributed by atoms with Gasteiger partial charge in [0.2, 0.25) is 0 Å². The average Bonchev–Trinajstić information content (AvgIpc) is 2.44. The van der Waals surface area contributed by atoms with Crippen LogP contribution in [-0.2, 0) is 6.54 Å². The van der Waals surface area contributed by atoms with Gasteiger partial charge in [0.25, 0.3) is 0 Å². The Bertz CT molecular complexity index is 416. The molecule has 0 amide bonds. The summed E-state index contributed by atoms with van der Waals surface area (Å²) in [7, 11) is 0. The van der Waals surface area contributed by atoms with Gasteiger partial charge >= 0.3 is 0 Å². The number of hydrazine groups is 1. The standard InChI is InChI=1S/C14H21N3/c1-11-5-6-14-12(8-11)9-16-7-3-2-4-13(16)10-17(14)15/h5-6,8,13H,2-4,7,9-10,15H2,1H3. The van der Waals surface area contributed by atoms with E-state index in [0.29, 0.717) is 6.04 Å². The molecule has 0 bridgehead atoms. The van der Waals surface area contributed by atoms with E-state index >= 15 is 0 Å². The fraction of sp³-hybridized carbons (Fsp3) is 0.571. The number of benzene rings is 1. The largest absolute Gasteiger partial charge is 0.309 e. The van der Waals surface area contributed by atoms with Gasteiger partial charge in [-0.05, 0) is 37.9 Å². The van der Waals surface area contributed by atoms with Crippen LogP contribution in [-0.4, -0.2) is 24.0 Å². The number of rotatable bonds is 0. The van der Waals surface area contributed by atoms with Crippen LogP contribution < -0.4 is 10.9 Å². The normalized spacial score (nSPS) is 25.1. The first-order valence-electron chi connectivity index (χ1n) is 6.60. The summed E-state index contributed by atoms with van der Waals surface area (Å²) < 4.78 is 0. The zero-order valence-electron chi connectivity index (χ0n) is 10.5. The maximum Gasteiger partial charge on any atom is 0.0563 e. The van der Waals surface area contributed by atoms with E-state index in [4.69, 9.17) is 5.84 Å². The fourth-order valence-corrected chi connectivity index (χ4v) is 3.14. The number of piperidine rings is 1. The Labute approximate surface area is 103 Å². The zero-order valence-corrected chi connectivity index (χ0v) is 10.5. The Balaban J connectivity index is 1.96. The molecular formula is C14H21N3. The number of anilines is 1. The minimum Gasteiger partial charge on any atom is -0.309 e. The first-order chi connectivity index (χ1) is 8.24. The molecule has 0 aromatic heterocycles. The van der Waals surface area contributed by atoms with Crippen LogP contribution in [0.5, 0.6) is 0 Å². The first-order valence-corrected chi connectivity index (χ1v) is 6.60. The van der Waals surface area contributed by atoms with E-state index in [1.807, 2.05) is 5.01 Å². The molecule has 3 heteroatoms. The van der Waals surface area contributed by atoms with Crippen LogP contribution in [0.2, 0.25) is 0 Å². The third kappa shape index (κ3) is 2.05. The highest BCUT2D eigenvalue weighted by atomic mass is 15.4. The summed E-state index contributed by atoms with van der Waals surface area (Å²) in [6.07, 6.45) is 3.98. The van der Waals surface area contributed by atoms with Crippen LogP contribution in [0.1, 0.15) is 30.4 Å². The molecule has 2 N–H and O–H groups in total. The summed E-state index contributed by atoms with van der Waals surface area (Å²) in [5.41, 5.74) is 3.93. The lowest BCUT2D eigenvalue weighted by Crippen LogP contribution is -2.46. The molecule has 1 unspecified atom stereocenters. The lowest BCUT2D eigenvalue weighted by molar-refractivity contribution is 0.148. The number of hydrogen-bond acceptors (Lipinski definition) is 3. The zero-order chi connectivity index (χ0) is 11.8. The van der Waals surface area contributed by atoms with Gasteiger partial charge in [0.15, 0.2) is 0 Å². The van der Waals surface area contributed by atoms with E-state index in [2.05, 4.69) is 30.0 Å². The van der Waals surface area contributed by atoms with E-state index < -0.39 is 0 Å². The number of aryl methyl sites for hydroxylation is 1. The van der Waals surface area contributed by atoms with Crippen molar-refractivity contribution in [3.63, 3.8) is 0 Å². The summed E-state index contributed by atoms with van der Waals surface area (Å²) in [5.74, 6) is 6.21. The molecule has 2 heterocycles. The molecule has 0 spiro atoms. The van der Waals surface area contributed by atoms with Crippen LogP contribution >= 0.6 is 0 Å². The Morgan fingerprint density at radius 1 is 1.29 bits per heavy atom.